The first-order chi connectivity index (χ1) is 11.3. The molecule has 0 aliphatic rings. The lowest BCUT2D eigenvalue weighted by Gasteiger charge is -2.01. The zero-order chi connectivity index (χ0) is 18.2. The van der Waals surface area contributed by atoms with Crippen molar-refractivity contribution in [1.29, 1.82) is 0 Å². The van der Waals surface area contributed by atoms with Crippen molar-refractivity contribution < 1.29 is 4.79 Å². The topological polar surface area (TPSA) is 67.2 Å². The highest BCUT2D eigenvalue weighted by Gasteiger charge is 1.85. The molecule has 0 saturated heterocycles. The fraction of sp³-hybridized carbons (Fsp3) is 0.632. The van der Waals surface area contributed by atoms with Crippen molar-refractivity contribution in [3.8, 4) is 0 Å². The van der Waals surface area contributed by atoms with E-state index in [-0.39, 0.29) is 0 Å². The number of hydrogen-bond donors (Lipinski definition) is 3. The molecule has 4 N–H and O–H groups in total. The summed E-state index contributed by atoms with van der Waals surface area (Å²) in [6.45, 7) is 12.3. The fourth-order valence-corrected chi connectivity index (χ4v) is 1.27. The van der Waals surface area contributed by atoms with Gasteiger partial charge in [0.05, 0.1) is 0 Å². The first-order valence-electron chi connectivity index (χ1n) is 8.82. The molecule has 4 heteroatoms. The first-order valence-corrected chi connectivity index (χ1v) is 8.82. The highest BCUT2D eigenvalue weighted by molar-refractivity contribution is 5.74. The normalized spacial score (nSPS) is 8.43. The summed E-state index contributed by atoms with van der Waals surface area (Å²) in [5.74, 6) is 0. The molecule has 0 amide bonds. The second kappa shape index (κ2) is 28.9. The van der Waals surface area contributed by atoms with E-state index in [2.05, 4.69) is 24.5 Å². The molecule has 0 unspecified atom stereocenters. The van der Waals surface area contributed by atoms with Gasteiger partial charge in [-0.15, -0.1) is 0 Å². The van der Waals surface area contributed by atoms with Crippen molar-refractivity contribution in [3.05, 3.63) is 35.9 Å². The maximum Gasteiger partial charge on any atom is 0.150 e. The summed E-state index contributed by atoms with van der Waals surface area (Å²) in [7, 11) is 1.97. The minimum atomic E-state index is 0.729. The second-order valence-electron chi connectivity index (χ2n) is 4.58. The molecule has 0 heterocycles. The van der Waals surface area contributed by atoms with E-state index < -0.39 is 0 Å². The van der Waals surface area contributed by atoms with Gasteiger partial charge < -0.3 is 16.4 Å². The van der Waals surface area contributed by atoms with Gasteiger partial charge in [-0.3, -0.25) is 4.79 Å². The third-order valence-electron chi connectivity index (χ3n) is 2.27. The van der Waals surface area contributed by atoms with Gasteiger partial charge in [0.25, 0.3) is 0 Å². The van der Waals surface area contributed by atoms with Gasteiger partial charge in [-0.2, -0.15) is 0 Å². The predicted molar refractivity (Wildman–Crippen MR) is 104 cm³/mol. The number of rotatable bonds is 8. The molecule has 4 nitrogen and oxygen atoms in total. The van der Waals surface area contributed by atoms with Crippen LogP contribution in [0, 0.1) is 0 Å². The maximum atomic E-state index is 10.0. The van der Waals surface area contributed by atoms with Crippen LogP contribution in [0.5, 0.6) is 0 Å². The van der Waals surface area contributed by atoms with E-state index >= 15 is 0 Å². The zero-order valence-corrected chi connectivity index (χ0v) is 15.9. The Bertz CT molecular complexity index is 284. The lowest BCUT2D eigenvalue weighted by Crippen LogP contribution is -2.22. The molecule has 0 fully saturated rings. The Morgan fingerprint density at radius 1 is 1.00 bits per heavy atom. The van der Waals surface area contributed by atoms with Gasteiger partial charge in [0.1, 0.15) is 6.29 Å². The molecule has 0 atom stereocenters. The van der Waals surface area contributed by atoms with Crippen LogP contribution in [0.25, 0.3) is 0 Å². The quantitative estimate of drug-likeness (QED) is 0.506. The molecule has 136 valence electrons. The number of nitrogens with one attached hydrogen (secondary N) is 2. The molecular formula is C19H39N3O. The van der Waals surface area contributed by atoms with Crippen molar-refractivity contribution >= 4 is 6.29 Å². The fourth-order valence-electron chi connectivity index (χ4n) is 1.27. The van der Waals surface area contributed by atoms with Gasteiger partial charge >= 0.3 is 0 Å². The van der Waals surface area contributed by atoms with Crippen LogP contribution in [0.4, 0.5) is 0 Å². The van der Waals surface area contributed by atoms with E-state index in [4.69, 9.17) is 5.73 Å². The highest BCUT2D eigenvalue weighted by atomic mass is 16.1. The van der Waals surface area contributed by atoms with Crippen LogP contribution in [0.15, 0.2) is 30.3 Å². The van der Waals surface area contributed by atoms with E-state index in [0.29, 0.717) is 0 Å². The Kier molecular flexibility index (Phi) is 33.5. The van der Waals surface area contributed by atoms with Crippen molar-refractivity contribution in [2.45, 2.75) is 47.0 Å². The van der Waals surface area contributed by atoms with Gasteiger partial charge in [-0.25, -0.2) is 0 Å². The average molecular weight is 326 g/mol. The second-order valence-corrected chi connectivity index (χ2v) is 4.58. The summed E-state index contributed by atoms with van der Waals surface area (Å²) in [4.78, 5) is 10.0. The van der Waals surface area contributed by atoms with Gasteiger partial charge in [0, 0.05) is 5.56 Å². The van der Waals surface area contributed by atoms with Crippen molar-refractivity contribution in [1.82, 2.24) is 10.6 Å². The molecule has 0 aromatic heterocycles. The Morgan fingerprint density at radius 3 is 1.91 bits per heavy atom. The van der Waals surface area contributed by atoms with E-state index in [0.717, 1.165) is 44.4 Å². The number of hydrogen-bond acceptors (Lipinski definition) is 4. The van der Waals surface area contributed by atoms with E-state index in [9.17, 15) is 4.79 Å². The van der Waals surface area contributed by atoms with Crippen LogP contribution in [0.2, 0.25) is 0 Å². The SMILES string of the molecule is CC.CCC.CNCCCNCCCN.O=Cc1ccccc1. The summed E-state index contributed by atoms with van der Waals surface area (Å²) >= 11 is 0. The average Bonchev–Trinajstić information content (AvgIpc) is 2.62. The van der Waals surface area contributed by atoms with E-state index in [1.54, 1.807) is 12.1 Å². The van der Waals surface area contributed by atoms with Gasteiger partial charge in [0.2, 0.25) is 0 Å². The van der Waals surface area contributed by atoms with Crippen LogP contribution in [0.3, 0.4) is 0 Å². The molecule has 0 aliphatic heterocycles. The van der Waals surface area contributed by atoms with Crippen LogP contribution >= 0.6 is 0 Å². The summed E-state index contributed by atoms with van der Waals surface area (Å²) in [6.07, 6.45) is 4.36. The summed E-state index contributed by atoms with van der Waals surface area (Å²) in [5.41, 5.74) is 6.05. The molecule has 23 heavy (non-hydrogen) atoms. The summed E-state index contributed by atoms with van der Waals surface area (Å²) in [6, 6.07) is 9.10. The Hall–Kier alpha value is -1.23. The molecule has 0 aliphatic carbocycles. The minimum Gasteiger partial charge on any atom is -0.330 e. The molecule has 0 radical (unpaired) electrons. The van der Waals surface area contributed by atoms with Crippen LogP contribution in [-0.4, -0.2) is 39.5 Å². The summed E-state index contributed by atoms with van der Waals surface area (Å²) < 4.78 is 0. The maximum absolute atomic E-state index is 10.0. The molecule has 1 rings (SSSR count). The number of carbonyl (C=O) groups is 1. The molecule has 0 bridgehead atoms. The number of carbonyl (C=O) groups excluding carboxylic acids is 1. The number of benzene rings is 1. The smallest absolute Gasteiger partial charge is 0.150 e. The van der Waals surface area contributed by atoms with Crippen LogP contribution < -0.4 is 16.4 Å². The molecule has 0 saturated carbocycles. The van der Waals surface area contributed by atoms with Gasteiger partial charge in [-0.05, 0) is 46.1 Å². The Morgan fingerprint density at radius 2 is 1.52 bits per heavy atom. The number of nitrogens with two attached hydrogens (primary N) is 1. The van der Waals surface area contributed by atoms with Crippen molar-refractivity contribution in [3.63, 3.8) is 0 Å². The Labute approximate surface area is 144 Å². The molecule has 1 aromatic carbocycles. The number of aldehydes is 1. The van der Waals surface area contributed by atoms with Crippen molar-refractivity contribution in [2.75, 3.05) is 33.2 Å². The van der Waals surface area contributed by atoms with Crippen LogP contribution in [-0.2, 0) is 0 Å². The monoisotopic (exact) mass is 325 g/mol. The lowest BCUT2D eigenvalue weighted by molar-refractivity contribution is 0.112. The minimum absolute atomic E-state index is 0.729. The standard InChI is InChI=1S/C7H19N3.C7H6O.C3H8.C2H6/c1-9-5-3-7-10-6-2-4-8;8-6-7-4-2-1-3-5-7;1-3-2;1-2/h9-10H,2-8H2,1H3;1-6H;3H2,1-2H3;1-2H3. The van der Waals surface area contributed by atoms with Gasteiger partial charge in [-0.1, -0.05) is 64.4 Å². The van der Waals surface area contributed by atoms with E-state index in [1.165, 1.54) is 12.8 Å². The predicted octanol–water partition coefficient (Wildman–Crippen LogP) is 3.48. The molecule has 0 spiro atoms. The zero-order valence-electron chi connectivity index (χ0n) is 15.9. The summed E-state index contributed by atoms with van der Waals surface area (Å²) in [5, 5.41) is 6.40. The third kappa shape index (κ3) is 29.4. The lowest BCUT2D eigenvalue weighted by atomic mass is 10.2. The third-order valence-corrected chi connectivity index (χ3v) is 2.27. The van der Waals surface area contributed by atoms with Crippen LogP contribution in [0.1, 0.15) is 57.3 Å². The molecular weight excluding hydrogens is 286 g/mol. The molecule has 1 aromatic rings. The van der Waals surface area contributed by atoms with E-state index in [1.807, 2.05) is 39.1 Å². The van der Waals surface area contributed by atoms with Crippen molar-refractivity contribution in [2.24, 2.45) is 5.73 Å². The largest absolute Gasteiger partial charge is 0.330 e. The highest BCUT2D eigenvalue weighted by Crippen LogP contribution is 1.91. The van der Waals surface area contributed by atoms with Gasteiger partial charge in [0.15, 0.2) is 0 Å². The first kappa shape index (κ1) is 26.7. The Balaban J connectivity index is -0.000000275.